The van der Waals surface area contributed by atoms with Crippen LogP contribution in [-0.2, 0) is 11.2 Å². The highest BCUT2D eigenvalue weighted by atomic mass is 35.5. The van der Waals surface area contributed by atoms with E-state index < -0.39 is 0 Å². The largest absolute Gasteiger partial charge is 0.335 e. The molecule has 1 aromatic carbocycles. The van der Waals surface area contributed by atoms with E-state index in [0.717, 1.165) is 37.9 Å². The molecule has 2 aliphatic heterocycles. The second-order valence-corrected chi connectivity index (χ2v) is 5.81. The van der Waals surface area contributed by atoms with Gasteiger partial charge in [0.25, 0.3) is 0 Å². The summed E-state index contributed by atoms with van der Waals surface area (Å²) in [6.07, 6.45) is 4.56. The van der Waals surface area contributed by atoms with Crippen molar-refractivity contribution in [3.63, 3.8) is 0 Å². The van der Waals surface area contributed by atoms with Gasteiger partial charge < -0.3 is 10.2 Å². The number of rotatable bonds is 3. The first kappa shape index (κ1) is 16.2. The van der Waals surface area contributed by atoms with Crippen molar-refractivity contribution < 1.29 is 9.18 Å². The lowest BCUT2D eigenvalue weighted by Crippen LogP contribution is -2.42. The molecule has 0 aliphatic carbocycles. The molecular weight excluding hydrogens is 291 g/mol. The third-order valence-electron chi connectivity index (χ3n) is 4.48. The van der Waals surface area contributed by atoms with Gasteiger partial charge >= 0.3 is 0 Å². The molecule has 5 heteroatoms. The van der Waals surface area contributed by atoms with Gasteiger partial charge in [0, 0.05) is 25.0 Å². The number of hydrogen-bond donors (Lipinski definition) is 1. The Hall–Kier alpha value is -1.13. The maximum absolute atomic E-state index is 12.9. The van der Waals surface area contributed by atoms with Crippen molar-refractivity contribution >= 4 is 18.3 Å². The van der Waals surface area contributed by atoms with Crippen LogP contribution in [0.3, 0.4) is 0 Å². The van der Waals surface area contributed by atoms with Crippen LogP contribution in [0.5, 0.6) is 0 Å². The average Bonchev–Trinajstić information content (AvgIpc) is 2.71. The number of nitrogens with one attached hydrogen (secondary N) is 1. The number of nitrogens with zero attached hydrogens (tertiary/aromatic N) is 1. The Bertz CT molecular complexity index is 466. The van der Waals surface area contributed by atoms with Crippen LogP contribution in [0.15, 0.2) is 24.3 Å². The standard InChI is InChI=1S/C16H21FN2O.ClH/c17-13-4-1-12(2-5-13)3-8-16(20)19-14-6-7-15(19)11-18-10-9-14;/h1-2,4-5,14-15,18H,3,6-11H2;1H. The maximum atomic E-state index is 12.9. The summed E-state index contributed by atoms with van der Waals surface area (Å²) in [5.41, 5.74) is 1.03. The minimum atomic E-state index is -0.225. The fraction of sp³-hybridized carbons (Fsp3) is 0.562. The minimum Gasteiger partial charge on any atom is -0.335 e. The van der Waals surface area contributed by atoms with Gasteiger partial charge in [0.15, 0.2) is 0 Å². The molecule has 2 atom stereocenters. The number of carbonyl (C=O) groups excluding carboxylic acids is 1. The molecule has 0 spiro atoms. The third kappa shape index (κ3) is 3.74. The van der Waals surface area contributed by atoms with E-state index in [4.69, 9.17) is 0 Å². The summed E-state index contributed by atoms with van der Waals surface area (Å²) in [5, 5.41) is 3.41. The number of hydrogen-bond acceptors (Lipinski definition) is 2. The molecule has 2 heterocycles. The zero-order valence-corrected chi connectivity index (χ0v) is 12.9. The number of benzene rings is 1. The van der Waals surface area contributed by atoms with Crippen LogP contribution < -0.4 is 5.32 Å². The lowest BCUT2D eigenvalue weighted by molar-refractivity contribution is -0.133. The summed E-state index contributed by atoms with van der Waals surface area (Å²) < 4.78 is 12.9. The first-order chi connectivity index (χ1) is 9.74. The average molecular weight is 313 g/mol. The van der Waals surface area contributed by atoms with E-state index in [1.165, 1.54) is 12.1 Å². The second kappa shape index (κ2) is 7.23. The Morgan fingerprint density at radius 3 is 2.67 bits per heavy atom. The predicted octanol–water partition coefficient (Wildman–Crippen LogP) is 2.53. The van der Waals surface area contributed by atoms with E-state index in [0.29, 0.717) is 24.9 Å². The van der Waals surface area contributed by atoms with Crippen LogP contribution in [0.1, 0.15) is 31.2 Å². The van der Waals surface area contributed by atoms with Gasteiger partial charge in [-0.05, 0) is 49.9 Å². The highest BCUT2D eigenvalue weighted by Gasteiger charge is 2.37. The zero-order chi connectivity index (χ0) is 13.9. The summed E-state index contributed by atoms with van der Waals surface area (Å²) >= 11 is 0. The number of halogens is 2. The minimum absolute atomic E-state index is 0. The molecule has 1 amide bonds. The molecule has 2 unspecified atom stereocenters. The molecule has 1 aromatic rings. The Morgan fingerprint density at radius 1 is 1.19 bits per heavy atom. The molecular formula is C16H22ClFN2O. The van der Waals surface area contributed by atoms with Gasteiger partial charge in [0.05, 0.1) is 0 Å². The monoisotopic (exact) mass is 312 g/mol. The molecule has 0 radical (unpaired) electrons. The third-order valence-corrected chi connectivity index (χ3v) is 4.48. The lowest BCUT2D eigenvalue weighted by Gasteiger charge is -2.28. The fourth-order valence-corrected chi connectivity index (χ4v) is 3.42. The lowest BCUT2D eigenvalue weighted by atomic mass is 10.1. The van der Waals surface area contributed by atoms with Crippen molar-refractivity contribution in [2.45, 2.75) is 44.2 Å². The molecule has 21 heavy (non-hydrogen) atoms. The number of aryl methyl sites for hydroxylation is 1. The Morgan fingerprint density at radius 2 is 1.90 bits per heavy atom. The van der Waals surface area contributed by atoms with E-state index >= 15 is 0 Å². The van der Waals surface area contributed by atoms with E-state index in [1.807, 2.05) is 0 Å². The first-order valence-corrected chi connectivity index (χ1v) is 7.50. The van der Waals surface area contributed by atoms with Crippen LogP contribution in [0, 0.1) is 5.82 Å². The van der Waals surface area contributed by atoms with Crippen LogP contribution >= 0.6 is 12.4 Å². The normalized spacial score (nSPS) is 24.3. The molecule has 0 saturated carbocycles. The van der Waals surface area contributed by atoms with Gasteiger partial charge in [0.2, 0.25) is 5.91 Å². The van der Waals surface area contributed by atoms with Crippen LogP contribution in [0.4, 0.5) is 4.39 Å². The van der Waals surface area contributed by atoms with Crippen LogP contribution in [-0.4, -0.2) is 36.0 Å². The summed E-state index contributed by atoms with van der Waals surface area (Å²) in [5.74, 6) is 0.0299. The number of amides is 1. The SMILES string of the molecule is Cl.O=C(CCc1ccc(F)cc1)N1C2CCNCC1CC2. The predicted molar refractivity (Wildman–Crippen MR) is 83.1 cm³/mol. The molecule has 116 valence electrons. The fourth-order valence-electron chi connectivity index (χ4n) is 3.42. The number of carbonyl (C=O) groups is 1. The number of fused-ring (bicyclic) bond motifs is 2. The molecule has 2 fully saturated rings. The van der Waals surface area contributed by atoms with E-state index in [9.17, 15) is 9.18 Å². The van der Waals surface area contributed by atoms with Gasteiger partial charge in [-0.25, -0.2) is 4.39 Å². The molecule has 3 nitrogen and oxygen atoms in total. The van der Waals surface area contributed by atoms with Crippen LogP contribution in [0.2, 0.25) is 0 Å². The van der Waals surface area contributed by atoms with Gasteiger partial charge in [-0.1, -0.05) is 12.1 Å². The summed E-state index contributed by atoms with van der Waals surface area (Å²) in [7, 11) is 0. The highest BCUT2D eigenvalue weighted by molar-refractivity contribution is 5.85. The van der Waals surface area contributed by atoms with Gasteiger partial charge in [-0.3, -0.25) is 4.79 Å². The van der Waals surface area contributed by atoms with Crippen molar-refractivity contribution in [1.82, 2.24) is 10.2 Å². The van der Waals surface area contributed by atoms with Crippen molar-refractivity contribution in [2.75, 3.05) is 13.1 Å². The van der Waals surface area contributed by atoms with Gasteiger partial charge in [0.1, 0.15) is 5.82 Å². The van der Waals surface area contributed by atoms with E-state index in [-0.39, 0.29) is 24.1 Å². The van der Waals surface area contributed by atoms with Crippen molar-refractivity contribution in [3.05, 3.63) is 35.6 Å². The Kier molecular flexibility index (Phi) is 5.59. The molecule has 2 bridgehead atoms. The quantitative estimate of drug-likeness (QED) is 0.930. The molecule has 2 aliphatic rings. The van der Waals surface area contributed by atoms with Crippen LogP contribution in [0.25, 0.3) is 0 Å². The van der Waals surface area contributed by atoms with Crippen molar-refractivity contribution in [3.8, 4) is 0 Å². The molecule has 2 saturated heterocycles. The van der Waals surface area contributed by atoms with E-state index in [2.05, 4.69) is 10.2 Å². The highest BCUT2D eigenvalue weighted by Crippen LogP contribution is 2.28. The second-order valence-electron chi connectivity index (χ2n) is 5.81. The van der Waals surface area contributed by atoms with E-state index in [1.54, 1.807) is 12.1 Å². The first-order valence-electron chi connectivity index (χ1n) is 7.50. The van der Waals surface area contributed by atoms with Gasteiger partial charge in [-0.15, -0.1) is 12.4 Å². The molecule has 3 rings (SSSR count). The zero-order valence-electron chi connectivity index (χ0n) is 12.1. The summed E-state index contributed by atoms with van der Waals surface area (Å²) in [6.45, 7) is 1.95. The van der Waals surface area contributed by atoms with Gasteiger partial charge in [-0.2, -0.15) is 0 Å². The smallest absolute Gasteiger partial charge is 0.223 e. The maximum Gasteiger partial charge on any atom is 0.223 e. The molecule has 0 aromatic heterocycles. The topological polar surface area (TPSA) is 32.3 Å². The Labute approximate surface area is 131 Å². The van der Waals surface area contributed by atoms with Crippen molar-refractivity contribution in [1.29, 1.82) is 0 Å². The Balaban J connectivity index is 0.00000161. The summed E-state index contributed by atoms with van der Waals surface area (Å²) in [6, 6.07) is 7.25. The summed E-state index contributed by atoms with van der Waals surface area (Å²) in [4.78, 5) is 14.6. The molecule has 1 N–H and O–H groups in total. The van der Waals surface area contributed by atoms with Crippen molar-refractivity contribution in [2.24, 2.45) is 0 Å².